The van der Waals surface area contributed by atoms with Crippen molar-refractivity contribution in [1.29, 1.82) is 0 Å². The molecule has 2 aromatic rings. The molecule has 7 heteroatoms. The maximum Gasteiger partial charge on any atom is 0.324 e. The summed E-state index contributed by atoms with van der Waals surface area (Å²) in [5, 5.41) is 6.15. The Morgan fingerprint density at radius 3 is 2.46 bits per heavy atom. The highest BCUT2D eigenvalue weighted by molar-refractivity contribution is 7.17. The first kappa shape index (κ1) is 20.4. The molecule has 4 N–H and O–H groups in total. The van der Waals surface area contributed by atoms with Gasteiger partial charge in [-0.05, 0) is 36.5 Å². The zero-order valence-electron chi connectivity index (χ0n) is 16.9. The molecule has 28 heavy (non-hydrogen) atoms. The molecule has 3 amide bonds. The molecule has 0 aliphatic carbocycles. The van der Waals surface area contributed by atoms with Crippen LogP contribution in [-0.2, 0) is 13.0 Å². The fraction of sp³-hybridized carbons (Fsp3) is 0.429. The van der Waals surface area contributed by atoms with Gasteiger partial charge in [0, 0.05) is 30.2 Å². The number of primary amides is 1. The number of nitrogens with zero attached hydrogens (tertiary/aromatic N) is 1. The average molecular weight is 401 g/mol. The number of rotatable bonds is 4. The summed E-state index contributed by atoms with van der Waals surface area (Å²) in [6, 6.07) is 7.16. The Morgan fingerprint density at radius 1 is 1.18 bits per heavy atom. The third kappa shape index (κ3) is 4.91. The van der Waals surface area contributed by atoms with E-state index >= 15 is 0 Å². The monoisotopic (exact) mass is 400 g/mol. The number of thiophene rings is 1. The maximum atomic E-state index is 12.4. The number of carbonyl (C=O) groups excluding carboxylic acids is 2. The van der Waals surface area contributed by atoms with Gasteiger partial charge in [0.15, 0.2) is 0 Å². The lowest BCUT2D eigenvalue weighted by molar-refractivity contribution is 0.0999. The van der Waals surface area contributed by atoms with E-state index in [1.807, 2.05) is 31.2 Å². The van der Waals surface area contributed by atoms with E-state index in [2.05, 4.69) is 36.3 Å². The Balaban J connectivity index is 1.77. The van der Waals surface area contributed by atoms with E-state index in [4.69, 9.17) is 5.73 Å². The second kappa shape index (κ2) is 7.93. The summed E-state index contributed by atoms with van der Waals surface area (Å²) in [7, 11) is 0. The molecule has 150 valence electrons. The van der Waals surface area contributed by atoms with Crippen LogP contribution < -0.4 is 16.4 Å². The van der Waals surface area contributed by atoms with Gasteiger partial charge in [-0.25, -0.2) is 4.79 Å². The van der Waals surface area contributed by atoms with Crippen molar-refractivity contribution in [3.63, 3.8) is 0 Å². The van der Waals surface area contributed by atoms with Gasteiger partial charge >= 0.3 is 6.03 Å². The standard InChI is InChI=1S/C21H28N4O2S/c1-13-5-7-14(8-6-13)23-20(27)24-19-17(18(22)26)15-9-10-25(11-16(15)28-19)12-21(2,3)4/h5-8H,9-12H2,1-4H3,(H2,22,26)(H2,23,24,27). The first-order valence-electron chi connectivity index (χ1n) is 9.44. The predicted molar refractivity (Wildman–Crippen MR) is 115 cm³/mol. The van der Waals surface area contributed by atoms with Crippen molar-refractivity contribution in [2.24, 2.45) is 11.1 Å². The Labute approximate surface area is 170 Å². The third-order valence-electron chi connectivity index (χ3n) is 4.62. The molecular formula is C21H28N4O2S. The van der Waals surface area contributed by atoms with E-state index in [-0.39, 0.29) is 11.4 Å². The first-order chi connectivity index (χ1) is 13.1. The van der Waals surface area contributed by atoms with E-state index in [0.717, 1.165) is 42.1 Å². The van der Waals surface area contributed by atoms with Crippen LogP contribution in [0.5, 0.6) is 0 Å². The number of hydrogen-bond donors (Lipinski definition) is 3. The summed E-state index contributed by atoms with van der Waals surface area (Å²) in [6.07, 6.45) is 0.765. The smallest absolute Gasteiger partial charge is 0.324 e. The normalized spacial score (nSPS) is 14.4. The lowest BCUT2D eigenvalue weighted by atomic mass is 9.94. The fourth-order valence-electron chi connectivity index (χ4n) is 3.51. The van der Waals surface area contributed by atoms with Crippen LogP contribution in [0, 0.1) is 12.3 Å². The van der Waals surface area contributed by atoms with Crippen molar-refractivity contribution < 1.29 is 9.59 Å². The van der Waals surface area contributed by atoms with Gasteiger partial charge in [0.05, 0.1) is 5.56 Å². The summed E-state index contributed by atoms with van der Waals surface area (Å²) in [5.41, 5.74) is 9.10. The fourth-order valence-corrected chi connectivity index (χ4v) is 4.80. The minimum atomic E-state index is -0.493. The highest BCUT2D eigenvalue weighted by Gasteiger charge is 2.29. The van der Waals surface area contributed by atoms with Crippen LogP contribution in [0.25, 0.3) is 0 Å². The van der Waals surface area contributed by atoms with Gasteiger partial charge in [0.2, 0.25) is 0 Å². The molecule has 3 rings (SSSR count). The van der Waals surface area contributed by atoms with Gasteiger partial charge in [-0.1, -0.05) is 38.5 Å². The third-order valence-corrected chi connectivity index (χ3v) is 5.75. The van der Waals surface area contributed by atoms with Crippen LogP contribution in [0.2, 0.25) is 0 Å². The van der Waals surface area contributed by atoms with Crippen LogP contribution in [0.15, 0.2) is 24.3 Å². The van der Waals surface area contributed by atoms with Crippen molar-refractivity contribution in [2.45, 2.75) is 40.7 Å². The summed E-state index contributed by atoms with van der Waals surface area (Å²) in [4.78, 5) is 28.0. The number of nitrogens with two attached hydrogens (primary N) is 1. The molecular weight excluding hydrogens is 372 g/mol. The maximum absolute atomic E-state index is 12.4. The topological polar surface area (TPSA) is 87.5 Å². The number of urea groups is 1. The van der Waals surface area contributed by atoms with E-state index in [1.165, 1.54) is 11.3 Å². The van der Waals surface area contributed by atoms with Gasteiger partial charge in [0.1, 0.15) is 5.00 Å². The minimum Gasteiger partial charge on any atom is -0.365 e. The van der Waals surface area contributed by atoms with Crippen LogP contribution in [0.3, 0.4) is 0 Å². The molecule has 1 aliphatic rings. The number of nitrogens with one attached hydrogen (secondary N) is 2. The van der Waals surface area contributed by atoms with Gasteiger partial charge in [0.25, 0.3) is 5.91 Å². The molecule has 0 saturated carbocycles. The molecule has 0 radical (unpaired) electrons. The zero-order chi connectivity index (χ0) is 20.5. The molecule has 0 unspecified atom stereocenters. The zero-order valence-corrected chi connectivity index (χ0v) is 17.7. The van der Waals surface area contributed by atoms with E-state index < -0.39 is 5.91 Å². The quantitative estimate of drug-likeness (QED) is 0.719. The molecule has 0 spiro atoms. The summed E-state index contributed by atoms with van der Waals surface area (Å²) in [6.45, 7) is 11.3. The number of aryl methyl sites for hydroxylation is 1. The SMILES string of the molecule is Cc1ccc(NC(=O)Nc2sc3c(c2C(N)=O)CCN(CC(C)(C)C)C3)cc1. The van der Waals surface area contributed by atoms with Gasteiger partial charge in [-0.3, -0.25) is 15.0 Å². The van der Waals surface area contributed by atoms with Crippen LogP contribution in [0.1, 0.15) is 47.1 Å². The van der Waals surface area contributed by atoms with E-state index in [0.29, 0.717) is 16.3 Å². The Morgan fingerprint density at radius 2 is 1.86 bits per heavy atom. The summed E-state index contributed by atoms with van der Waals surface area (Å²) < 4.78 is 0. The molecule has 1 aromatic heterocycles. The van der Waals surface area contributed by atoms with Gasteiger partial charge in [-0.15, -0.1) is 11.3 Å². The highest BCUT2D eigenvalue weighted by atomic mass is 32.1. The van der Waals surface area contributed by atoms with Gasteiger partial charge in [-0.2, -0.15) is 0 Å². The Bertz CT molecular complexity index is 881. The largest absolute Gasteiger partial charge is 0.365 e. The second-order valence-electron chi connectivity index (χ2n) is 8.54. The number of amides is 3. The Hall–Kier alpha value is -2.38. The van der Waals surface area contributed by atoms with E-state index in [9.17, 15) is 9.59 Å². The average Bonchev–Trinajstić information content (AvgIpc) is 2.92. The molecule has 6 nitrogen and oxygen atoms in total. The Kier molecular flexibility index (Phi) is 5.76. The summed E-state index contributed by atoms with van der Waals surface area (Å²) >= 11 is 1.45. The highest BCUT2D eigenvalue weighted by Crippen LogP contribution is 2.37. The van der Waals surface area contributed by atoms with Crippen LogP contribution in [0.4, 0.5) is 15.5 Å². The van der Waals surface area contributed by atoms with Gasteiger partial charge < -0.3 is 11.1 Å². The molecule has 1 aromatic carbocycles. The first-order valence-corrected chi connectivity index (χ1v) is 10.3. The van der Waals surface area contributed by atoms with Crippen molar-refractivity contribution >= 4 is 34.0 Å². The van der Waals surface area contributed by atoms with Crippen LogP contribution >= 0.6 is 11.3 Å². The minimum absolute atomic E-state index is 0.205. The molecule has 2 heterocycles. The van der Waals surface area contributed by atoms with Crippen molar-refractivity contribution in [1.82, 2.24) is 4.90 Å². The number of benzene rings is 1. The van der Waals surface area contributed by atoms with Crippen molar-refractivity contribution in [3.8, 4) is 0 Å². The number of hydrogen-bond acceptors (Lipinski definition) is 4. The number of anilines is 2. The second-order valence-corrected chi connectivity index (χ2v) is 9.64. The lowest BCUT2D eigenvalue weighted by Crippen LogP contribution is -2.36. The van der Waals surface area contributed by atoms with E-state index in [1.54, 1.807) is 0 Å². The molecule has 0 saturated heterocycles. The molecule has 1 aliphatic heterocycles. The molecule has 0 fully saturated rings. The summed E-state index contributed by atoms with van der Waals surface area (Å²) in [5.74, 6) is -0.493. The molecule has 0 atom stereocenters. The lowest BCUT2D eigenvalue weighted by Gasteiger charge is -2.32. The van der Waals surface area contributed by atoms with Crippen LogP contribution in [-0.4, -0.2) is 29.9 Å². The van der Waals surface area contributed by atoms with Crippen molar-refractivity contribution in [3.05, 3.63) is 45.8 Å². The van der Waals surface area contributed by atoms with Crippen molar-refractivity contribution in [2.75, 3.05) is 23.7 Å². The number of fused-ring (bicyclic) bond motifs is 1. The number of carbonyl (C=O) groups is 2. The molecule has 0 bridgehead atoms. The predicted octanol–water partition coefficient (Wildman–Crippen LogP) is 4.20.